The maximum Gasteiger partial charge on any atom is 0.0991 e. The Bertz CT molecular complexity index is 1850. The number of nitrogens with zero attached hydrogens (tertiary/aromatic N) is 4. The number of anilines is 1. The van der Waals surface area contributed by atoms with Gasteiger partial charge in [0, 0.05) is 12.1 Å². The number of hydrogen-bond acceptors (Lipinski definition) is 4. The SMILES string of the molecule is Cc1nnc(C)c2c1N1CCc3ccccc3C1(CCc1ccc(C#N)cc1)C21c2ccccc2-c2ccccc21. The molecule has 1 atom stereocenters. The maximum absolute atomic E-state index is 9.40. The van der Waals surface area contributed by atoms with E-state index in [0.29, 0.717) is 5.56 Å². The third-order valence-electron chi connectivity index (χ3n) is 9.90. The van der Waals surface area contributed by atoms with Crippen molar-refractivity contribution in [2.45, 2.75) is 44.1 Å². The summed E-state index contributed by atoms with van der Waals surface area (Å²) in [4.78, 5) is 2.71. The van der Waals surface area contributed by atoms with E-state index in [2.05, 4.69) is 110 Å². The van der Waals surface area contributed by atoms with E-state index in [9.17, 15) is 5.26 Å². The minimum Gasteiger partial charge on any atom is -0.358 e. The first-order valence-electron chi connectivity index (χ1n) is 14.5. The second kappa shape index (κ2) is 8.62. The Kier molecular flexibility index (Phi) is 5.06. The average molecular weight is 531 g/mol. The minimum absolute atomic E-state index is 0.388. The molecule has 0 radical (unpaired) electrons. The lowest BCUT2D eigenvalue weighted by atomic mass is 9.56. The third-order valence-corrected chi connectivity index (χ3v) is 9.90. The number of aromatic nitrogens is 2. The fourth-order valence-electron chi connectivity index (χ4n) is 8.48. The van der Waals surface area contributed by atoms with Crippen LogP contribution in [0.15, 0.2) is 97.1 Å². The quantitative estimate of drug-likeness (QED) is 0.248. The molecule has 1 spiro atoms. The highest BCUT2D eigenvalue weighted by molar-refractivity contribution is 5.91. The second-order valence-corrected chi connectivity index (χ2v) is 11.7. The van der Waals surface area contributed by atoms with Crippen molar-refractivity contribution < 1.29 is 0 Å². The van der Waals surface area contributed by atoms with Crippen molar-refractivity contribution in [1.82, 2.24) is 10.2 Å². The van der Waals surface area contributed by atoms with Crippen LogP contribution >= 0.6 is 0 Å². The van der Waals surface area contributed by atoms with E-state index in [1.165, 1.54) is 50.2 Å². The number of hydrogen-bond donors (Lipinski definition) is 0. The molecule has 0 N–H and O–H groups in total. The van der Waals surface area contributed by atoms with Crippen LogP contribution < -0.4 is 4.90 Å². The van der Waals surface area contributed by atoms with E-state index in [-0.39, 0.29) is 5.54 Å². The minimum atomic E-state index is -0.455. The van der Waals surface area contributed by atoms with Gasteiger partial charge in [0.05, 0.1) is 39.7 Å². The molecule has 2 aliphatic heterocycles. The van der Waals surface area contributed by atoms with Crippen LogP contribution in [0.25, 0.3) is 11.1 Å². The van der Waals surface area contributed by atoms with Crippen LogP contribution in [0, 0.1) is 25.2 Å². The van der Waals surface area contributed by atoms with Crippen LogP contribution in [-0.4, -0.2) is 16.7 Å². The molecule has 198 valence electrons. The standard InChI is InChI=1S/C37H30N4/c1-24-34-35(25(2)40-39-24)41-22-20-28-9-3-6-12-31(28)36(41,21-19-26-15-17-27(23-38)18-16-26)37(34)32-13-7-4-10-29(32)30-11-5-8-14-33(30)37/h3-18H,19-22H2,1-2H3. The van der Waals surface area contributed by atoms with Crippen molar-refractivity contribution in [3.63, 3.8) is 0 Å². The van der Waals surface area contributed by atoms with Gasteiger partial charge in [-0.2, -0.15) is 15.5 Å². The smallest absolute Gasteiger partial charge is 0.0991 e. The van der Waals surface area contributed by atoms with Gasteiger partial charge in [-0.25, -0.2) is 0 Å². The molecule has 3 heterocycles. The average Bonchev–Trinajstić information content (AvgIpc) is 3.48. The summed E-state index contributed by atoms with van der Waals surface area (Å²) in [7, 11) is 0. The third kappa shape index (κ3) is 2.93. The van der Waals surface area contributed by atoms with Crippen LogP contribution in [0.3, 0.4) is 0 Å². The van der Waals surface area contributed by atoms with Crippen LogP contribution in [0.4, 0.5) is 5.69 Å². The highest BCUT2D eigenvalue weighted by Gasteiger charge is 2.68. The van der Waals surface area contributed by atoms with Gasteiger partial charge in [-0.3, -0.25) is 0 Å². The molecule has 1 aromatic heterocycles. The number of aryl methyl sites for hydroxylation is 3. The van der Waals surface area contributed by atoms with Gasteiger partial charge < -0.3 is 4.90 Å². The van der Waals surface area contributed by atoms with E-state index in [4.69, 9.17) is 10.2 Å². The van der Waals surface area contributed by atoms with Gasteiger partial charge in [-0.15, -0.1) is 0 Å². The molecule has 0 bridgehead atoms. The second-order valence-electron chi connectivity index (χ2n) is 11.7. The molecule has 5 aromatic rings. The lowest BCUT2D eigenvalue weighted by molar-refractivity contribution is 0.276. The molecule has 0 saturated carbocycles. The summed E-state index contributed by atoms with van der Waals surface area (Å²) in [6, 6.07) is 37.6. The summed E-state index contributed by atoms with van der Waals surface area (Å²) in [5, 5.41) is 18.9. The largest absolute Gasteiger partial charge is 0.358 e. The highest BCUT2D eigenvalue weighted by Crippen LogP contribution is 2.71. The number of rotatable bonds is 3. The van der Waals surface area contributed by atoms with E-state index in [1.807, 2.05) is 12.1 Å². The molecule has 4 heteroatoms. The molecule has 8 rings (SSSR count). The van der Waals surface area contributed by atoms with Crippen LogP contribution in [0.5, 0.6) is 0 Å². The molecule has 3 aliphatic rings. The van der Waals surface area contributed by atoms with Gasteiger partial charge in [0.1, 0.15) is 0 Å². The van der Waals surface area contributed by atoms with Crippen molar-refractivity contribution in [3.05, 3.63) is 147 Å². The normalized spacial score (nSPS) is 18.7. The lowest BCUT2D eigenvalue weighted by Crippen LogP contribution is -2.59. The van der Waals surface area contributed by atoms with Gasteiger partial charge in [0.25, 0.3) is 0 Å². The Morgan fingerprint density at radius 2 is 1.37 bits per heavy atom. The van der Waals surface area contributed by atoms with Crippen LogP contribution in [-0.2, 0) is 23.8 Å². The van der Waals surface area contributed by atoms with Crippen molar-refractivity contribution in [3.8, 4) is 17.2 Å². The lowest BCUT2D eigenvalue weighted by Gasteiger charge is -2.54. The Morgan fingerprint density at radius 1 is 0.756 bits per heavy atom. The van der Waals surface area contributed by atoms with Gasteiger partial charge >= 0.3 is 0 Å². The predicted octanol–water partition coefficient (Wildman–Crippen LogP) is 7.18. The first kappa shape index (κ1) is 24.1. The molecule has 0 saturated heterocycles. The van der Waals surface area contributed by atoms with E-state index in [1.54, 1.807) is 0 Å². The highest BCUT2D eigenvalue weighted by atomic mass is 15.3. The van der Waals surface area contributed by atoms with Crippen molar-refractivity contribution in [2.24, 2.45) is 0 Å². The zero-order valence-corrected chi connectivity index (χ0v) is 23.4. The Hall–Kier alpha value is -4.75. The Balaban J connectivity index is 1.51. The van der Waals surface area contributed by atoms with Crippen LogP contribution in [0.2, 0.25) is 0 Å². The topological polar surface area (TPSA) is 52.8 Å². The van der Waals surface area contributed by atoms with Gasteiger partial charge in [0.15, 0.2) is 0 Å². The predicted molar refractivity (Wildman–Crippen MR) is 162 cm³/mol. The van der Waals surface area contributed by atoms with Crippen LogP contribution in [0.1, 0.15) is 56.8 Å². The summed E-state index contributed by atoms with van der Waals surface area (Å²) in [5.41, 5.74) is 13.8. The van der Waals surface area contributed by atoms with Gasteiger partial charge in [-0.05, 0) is 84.2 Å². The molecule has 1 aliphatic carbocycles. The zero-order valence-electron chi connectivity index (χ0n) is 23.4. The molecule has 0 fully saturated rings. The molecule has 1 unspecified atom stereocenters. The summed E-state index contributed by atoms with van der Waals surface area (Å²) >= 11 is 0. The number of nitriles is 1. The summed E-state index contributed by atoms with van der Waals surface area (Å²) in [5.74, 6) is 0. The van der Waals surface area contributed by atoms with Gasteiger partial charge in [0.2, 0.25) is 0 Å². The maximum atomic E-state index is 9.40. The molecule has 41 heavy (non-hydrogen) atoms. The molecule has 4 nitrogen and oxygen atoms in total. The van der Waals surface area contributed by atoms with Crippen molar-refractivity contribution in [2.75, 3.05) is 11.4 Å². The fraction of sp³-hybridized carbons (Fsp3) is 0.216. The molecule has 0 amide bonds. The van der Waals surface area contributed by atoms with E-state index in [0.717, 1.165) is 37.2 Å². The Labute approximate surface area is 240 Å². The summed E-state index contributed by atoms with van der Waals surface area (Å²) in [6.45, 7) is 5.20. The molecular formula is C37H30N4. The fourth-order valence-corrected chi connectivity index (χ4v) is 8.48. The number of benzene rings is 4. The first-order valence-corrected chi connectivity index (χ1v) is 14.5. The van der Waals surface area contributed by atoms with Crippen molar-refractivity contribution >= 4 is 5.69 Å². The first-order chi connectivity index (χ1) is 20.1. The number of fused-ring (bicyclic) bond motifs is 12. The summed E-state index contributed by atoms with van der Waals surface area (Å²) in [6.07, 6.45) is 2.79. The zero-order chi connectivity index (χ0) is 27.8. The monoisotopic (exact) mass is 530 g/mol. The van der Waals surface area contributed by atoms with E-state index >= 15 is 0 Å². The van der Waals surface area contributed by atoms with Gasteiger partial charge in [-0.1, -0.05) is 84.9 Å². The van der Waals surface area contributed by atoms with Crippen molar-refractivity contribution in [1.29, 1.82) is 5.26 Å². The van der Waals surface area contributed by atoms with E-state index < -0.39 is 5.41 Å². The summed E-state index contributed by atoms with van der Waals surface area (Å²) < 4.78 is 0. The molecular weight excluding hydrogens is 500 g/mol. The molecule has 4 aromatic carbocycles. The Morgan fingerprint density at radius 3 is 2.05 bits per heavy atom.